The van der Waals surface area contributed by atoms with Gasteiger partial charge in [-0.25, -0.2) is 0 Å². The standard InChI is InChI=1S/C14H25N5O/c1-5-15-11-17-12(19-13(18-11)20-6-2)16-10-7-8-14(3,4)9-10/h10H,5-9H2,1-4H3,(H2,15,16,17,18,19). The van der Waals surface area contributed by atoms with Gasteiger partial charge in [-0.3, -0.25) is 0 Å². The SMILES string of the molecule is CCNc1nc(NC2CCC(C)(C)C2)nc(OCC)n1. The fraction of sp³-hybridized carbons (Fsp3) is 0.786. The lowest BCUT2D eigenvalue weighted by molar-refractivity contribution is 0.312. The maximum atomic E-state index is 5.40. The normalized spacial score (nSPS) is 20.7. The van der Waals surface area contributed by atoms with Gasteiger partial charge in [-0.2, -0.15) is 15.0 Å². The molecule has 1 aromatic rings. The Labute approximate surface area is 120 Å². The molecule has 1 fully saturated rings. The first kappa shape index (κ1) is 14.8. The van der Waals surface area contributed by atoms with E-state index in [0.29, 0.717) is 36.0 Å². The van der Waals surface area contributed by atoms with Crippen LogP contribution in [0.1, 0.15) is 47.0 Å². The molecule has 6 nitrogen and oxygen atoms in total. The number of hydrogen-bond donors (Lipinski definition) is 2. The van der Waals surface area contributed by atoms with E-state index in [0.717, 1.165) is 19.4 Å². The number of nitrogens with one attached hydrogen (secondary N) is 2. The summed E-state index contributed by atoms with van der Waals surface area (Å²) in [5.74, 6) is 1.16. The molecule has 1 unspecified atom stereocenters. The van der Waals surface area contributed by atoms with Gasteiger partial charge in [0.1, 0.15) is 0 Å². The maximum Gasteiger partial charge on any atom is 0.323 e. The van der Waals surface area contributed by atoms with Crippen LogP contribution in [0, 0.1) is 5.41 Å². The van der Waals surface area contributed by atoms with Crippen LogP contribution in [-0.2, 0) is 0 Å². The lowest BCUT2D eigenvalue weighted by Crippen LogP contribution is -2.20. The third-order valence-electron chi connectivity index (χ3n) is 3.53. The molecule has 1 heterocycles. The van der Waals surface area contributed by atoms with Crippen LogP contribution >= 0.6 is 0 Å². The van der Waals surface area contributed by atoms with Crippen LogP contribution in [-0.4, -0.2) is 34.1 Å². The minimum atomic E-state index is 0.373. The molecule has 0 amide bonds. The first-order valence-corrected chi connectivity index (χ1v) is 7.41. The van der Waals surface area contributed by atoms with Crippen LogP contribution in [0.5, 0.6) is 6.01 Å². The third kappa shape index (κ3) is 3.95. The minimum absolute atomic E-state index is 0.373. The van der Waals surface area contributed by atoms with Crippen molar-refractivity contribution in [1.82, 2.24) is 15.0 Å². The quantitative estimate of drug-likeness (QED) is 0.834. The Bertz CT molecular complexity index is 425. The molecule has 20 heavy (non-hydrogen) atoms. The van der Waals surface area contributed by atoms with Crippen LogP contribution in [0.4, 0.5) is 11.9 Å². The molecule has 1 aliphatic carbocycles. The number of ether oxygens (including phenoxy) is 1. The van der Waals surface area contributed by atoms with Crippen molar-refractivity contribution >= 4 is 11.9 Å². The molecule has 0 radical (unpaired) electrons. The molecule has 1 aliphatic rings. The Balaban J connectivity index is 2.09. The Kier molecular flexibility index (Phi) is 4.62. The van der Waals surface area contributed by atoms with Crippen molar-refractivity contribution < 1.29 is 4.74 Å². The highest BCUT2D eigenvalue weighted by Gasteiger charge is 2.31. The summed E-state index contributed by atoms with van der Waals surface area (Å²) < 4.78 is 5.40. The molecule has 0 bridgehead atoms. The average molecular weight is 279 g/mol. The van der Waals surface area contributed by atoms with Gasteiger partial charge in [0.2, 0.25) is 11.9 Å². The van der Waals surface area contributed by atoms with Gasteiger partial charge in [0.15, 0.2) is 0 Å². The maximum absolute atomic E-state index is 5.40. The van der Waals surface area contributed by atoms with Crippen molar-refractivity contribution in [3.8, 4) is 6.01 Å². The summed E-state index contributed by atoms with van der Waals surface area (Å²) in [5, 5.41) is 6.52. The molecule has 6 heteroatoms. The second kappa shape index (κ2) is 6.24. The molecule has 2 N–H and O–H groups in total. The van der Waals surface area contributed by atoms with E-state index in [2.05, 4.69) is 39.4 Å². The number of aromatic nitrogens is 3. The van der Waals surface area contributed by atoms with Gasteiger partial charge in [0.05, 0.1) is 6.61 Å². The van der Waals surface area contributed by atoms with Gasteiger partial charge in [-0.05, 0) is 38.5 Å². The van der Waals surface area contributed by atoms with E-state index in [9.17, 15) is 0 Å². The molecule has 0 spiro atoms. The van der Waals surface area contributed by atoms with Gasteiger partial charge in [-0.1, -0.05) is 13.8 Å². The molecule has 0 aromatic carbocycles. The van der Waals surface area contributed by atoms with E-state index in [-0.39, 0.29) is 0 Å². The molecule has 1 atom stereocenters. The van der Waals surface area contributed by atoms with Crippen molar-refractivity contribution in [2.45, 2.75) is 53.0 Å². The predicted molar refractivity (Wildman–Crippen MR) is 80.2 cm³/mol. The molecule has 0 saturated heterocycles. The first-order chi connectivity index (χ1) is 9.52. The monoisotopic (exact) mass is 279 g/mol. The number of anilines is 2. The molecule has 1 saturated carbocycles. The first-order valence-electron chi connectivity index (χ1n) is 7.41. The summed E-state index contributed by atoms with van der Waals surface area (Å²) in [4.78, 5) is 12.9. The Morgan fingerprint density at radius 1 is 1.20 bits per heavy atom. The summed E-state index contributed by atoms with van der Waals surface area (Å²) in [5.41, 5.74) is 0.401. The van der Waals surface area contributed by atoms with Crippen LogP contribution in [0.3, 0.4) is 0 Å². The van der Waals surface area contributed by atoms with E-state index < -0.39 is 0 Å². The van der Waals surface area contributed by atoms with Crippen molar-refractivity contribution in [2.75, 3.05) is 23.8 Å². The summed E-state index contributed by atoms with van der Waals surface area (Å²) >= 11 is 0. The van der Waals surface area contributed by atoms with Gasteiger partial charge >= 0.3 is 6.01 Å². The summed E-state index contributed by atoms with van der Waals surface area (Å²) in [7, 11) is 0. The summed E-state index contributed by atoms with van der Waals surface area (Å²) in [6.07, 6.45) is 3.52. The van der Waals surface area contributed by atoms with Crippen molar-refractivity contribution in [3.63, 3.8) is 0 Å². The highest BCUT2D eigenvalue weighted by Crippen LogP contribution is 2.38. The van der Waals surface area contributed by atoms with Gasteiger partial charge in [0, 0.05) is 12.6 Å². The predicted octanol–water partition coefficient (Wildman–Crippen LogP) is 2.69. The van der Waals surface area contributed by atoms with E-state index in [1.54, 1.807) is 0 Å². The number of rotatable bonds is 6. The average Bonchev–Trinajstić information content (AvgIpc) is 2.69. The van der Waals surface area contributed by atoms with Crippen LogP contribution in [0.25, 0.3) is 0 Å². The fourth-order valence-electron chi connectivity index (χ4n) is 2.59. The van der Waals surface area contributed by atoms with E-state index in [1.807, 2.05) is 13.8 Å². The van der Waals surface area contributed by atoms with Gasteiger partial charge < -0.3 is 15.4 Å². The molecule has 1 aromatic heterocycles. The van der Waals surface area contributed by atoms with E-state index >= 15 is 0 Å². The lowest BCUT2D eigenvalue weighted by Gasteiger charge is -2.18. The molecule has 112 valence electrons. The zero-order valence-corrected chi connectivity index (χ0v) is 12.9. The largest absolute Gasteiger partial charge is 0.464 e. The number of hydrogen-bond acceptors (Lipinski definition) is 6. The van der Waals surface area contributed by atoms with E-state index in [4.69, 9.17) is 4.74 Å². The summed E-state index contributed by atoms with van der Waals surface area (Å²) in [6, 6.07) is 0.801. The molecule has 0 aliphatic heterocycles. The van der Waals surface area contributed by atoms with E-state index in [1.165, 1.54) is 6.42 Å². The van der Waals surface area contributed by atoms with Crippen molar-refractivity contribution in [1.29, 1.82) is 0 Å². The Morgan fingerprint density at radius 2 is 1.95 bits per heavy atom. The second-order valence-electron chi connectivity index (χ2n) is 5.98. The molecular weight excluding hydrogens is 254 g/mol. The lowest BCUT2D eigenvalue weighted by atomic mass is 9.92. The third-order valence-corrected chi connectivity index (χ3v) is 3.53. The van der Waals surface area contributed by atoms with Gasteiger partial charge in [-0.15, -0.1) is 0 Å². The minimum Gasteiger partial charge on any atom is -0.464 e. The van der Waals surface area contributed by atoms with Crippen LogP contribution in [0.15, 0.2) is 0 Å². The smallest absolute Gasteiger partial charge is 0.323 e. The highest BCUT2D eigenvalue weighted by molar-refractivity contribution is 5.36. The van der Waals surface area contributed by atoms with Crippen LogP contribution in [0.2, 0.25) is 0 Å². The second-order valence-corrected chi connectivity index (χ2v) is 5.98. The Morgan fingerprint density at radius 3 is 2.55 bits per heavy atom. The zero-order chi connectivity index (χ0) is 14.6. The highest BCUT2D eigenvalue weighted by atomic mass is 16.5. The zero-order valence-electron chi connectivity index (χ0n) is 12.9. The van der Waals surface area contributed by atoms with Crippen molar-refractivity contribution in [3.05, 3.63) is 0 Å². The number of nitrogens with zero attached hydrogens (tertiary/aromatic N) is 3. The molecular formula is C14H25N5O. The molecule has 2 rings (SSSR count). The summed E-state index contributed by atoms with van der Waals surface area (Å²) in [6.45, 7) is 9.85. The topological polar surface area (TPSA) is 72.0 Å². The van der Waals surface area contributed by atoms with Gasteiger partial charge in [0.25, 0.3) is 0 Å². The fourth-order valence-corrected chi connectivity index (χ4v) is 2.59. The van der Waals surface area contributed by atoms with Crippen molar-refractivity contribution in [2.24, 2.45) is 5.41 Å². The van der Waals surface area contributed by atoms with Crippen LogP contribution < -0.4 is 15.4 Å². The Hall–Kier alpha value is -1.59.